The number of methoxy groups -OCH3 is 1. The highest BCUT2D eigenvalue weighted by Crippen LogP contribution is 2.40. The molecule has 0 atom stereocenters. The van der Waals surface area contributed by atoms with E-state index in [0.29, 0.717) is 17.6 Å². The number of imidazole rings is 2. The molecular weight excluding hydrogens is 831 g/mol. The van der Waals surface area contributed by atoms with Gasteiger partial charge in [-0.05, 0) is 119 Å². The molecule has 0 saturated carbocycles. The first kappa shape index (κ1) is 34.5. The van der Waals surface area contributed by atoms with Gasteiger partial charge in [-0.25, -0.2) is 9.97 Å². The maximum absolute atomic E-state index is 9.94. The summed E-state index contributed by atoms with van der Waals surface area (Å²) in [5, 5.41) is 17.2. The fourth-order valence-corrected chi connectivity index (χ4v) is 7.98. The third kappa shape index (κ3) is 5.91. The number of fused-ring (bicyclic) bond motifs is 6. The number of aromatic hydroxyl groups is 1. The molecule has 2 aliphatic heterocycles. The predicted octanol–water partition coefficient (Wildman–Crippen LogP) is 11.6. The number of nitrogens with zero attached hydrogens (tertiary/aromatic N) is 4. The van der Waals surface area contributed by atoms with Gasteiger partial charge in [-0.1, -0.05) is 39.8 Å². The molecule has 0 bridgehead atoms. The fourth-order valence-electron chi connectivity index (χ4n) is 7.98. The number of benzene rings is 4. The molecule has 6 heterocycles. The lowest BCUT2D eigenvalue weighted by atomic mass is 9.91. The van der Waals surface area contributed by atoms with Gasteiger partial charge in [0.25, 0.3) is 0 Å². The summed E-state index contributed by atoms with van der Waals surface area (Å²) in [4.78, 5) is 9.39. The molecule has 0 spiro atoms. The van der Waals surface area contributed by atoms with E-state index < -0.39 is 0 Å². The highest BCUT2D eigenvalue weighted by molar-refractivity contribution is 9.69. The van der Waals surface area contributed by atoms with Crippen LogP contribution in [0, 0.1) is 0 Å². The van der Waals surface area contributed by atoms with Crippen molar-refractivity contribution < 1.29 is 9.84 Å². The maximum atomic E-state index is 9.94. The fraction of sp³-hybridized carbons (Fsp3) is 0.268. The number of halogens is 3. The molecule has 6 nitrogen and oxygen atoms in total. The van der Waals surface area contributed by atoms with Crippen LogP contribution in [0.25, 0.3) is 54.6 Å². The summed E-state index contributed by atoms with van der Waals surface area (Å²) in [6, 6.07) is 21.4. The molecule has 10 heteroatoms. The third-order valence-corrected chi connectivity index (χ3v) is 10.5. The van der Waals surface area contributed by atoms with Gasteiger partial charge in [0.15, 0.2) is 0 Å². The van der Waals surface area contributed by atoms with Crippen molar-refractivity contribution in [3.63, 3.8) is 0 Å². The molecule has 0 amide bonds. The topological polar surface area (TPSA) is 64.1 Å². The molecule has 0 aliphatic carbocycles. The van der Waals surface area contributed by atoms with Crippen molar-refractivity contribution in [2.45, 2.75) is 65.2 Å². The summed E-state index contributed by atoms with van der Waals surface area (Å²) in [6.45, 7) is 9.02. The normalized spacial score (nSPS) is 13.2. The first-order valence-electron chi connectivity index (χ1n) is 17.5. The summed E-state index contributed by atoms with van der Waals surface area (Å²) in [7, 11) is 1.72. The van der Waals surface area contributed by atoms with Crippen LogP contribution in [0.5, 0.6) is 11.5 Å². The summed E-state index contributed by atoms with van der Waals surface area (Å²) in [5.41, 5.74) is 12.9. The van der Waals surface area contributed by atoms with Crippen molar-refractivity contribution in [2.75, 3.05) is 7.11 Å². The zero-order valence-electron chi connectivity index (χ0n) is 29.3. The van der Waals surface area contributed by atoms with Gasteiger partial charge >= 0.3 is 3.18 Å². The van der Waals surface area contributed by atoms with Crippen molar-refractivity contribution in [3.8, 4) is 11.5 Å². The van der Waals surface area contributed by atoms with Crippen LogP contribution in [-0.2, 0) is 25.7 Å². The lowest BCUT2D eigenvalue weighted by Gasteiger charge is -2.21. The molecule has 0 unspecified atom stereocenters. The van der Waals surface area contributed by atoms with Gasteiger partial charge in [0.2, 0.25) is 0 Å². The Morgan fingerprint density at radius 3 is 1.57 bits per heavy atom. The van der Waals surface area contributed by atoms with Gasteiger partial charge in [0.05, 0.1) is 18.1 Å². The van der Waals surface area contributed by atoms with Crippen LogP contribution in [0.4, 0.5) is 0 Å². The number of phenolic OH excluding ortho intramolecular Hbond substituents is 1. The van der Waals surface area contributed by atoms with Gasteiger partial charge in [0, 0.05) is 45.3 Å². The quantitative estimate of drug-likeness (QED) is 0.142. The Hall–Kier alpha value is -3.60. The second-order valence-corrected chi connectivity index (χ2v) is 20.6. The van der Waals surface area contributed by atoms with Crippen LogP contribution >= 0.6 is 47.3 Å². The van der Waals surface area contributed by atoms with E-state index in [0.717, 1.165) is 48.1 Å². The summed E-state index contributed by atoms with van der Waals surface area (Å²) in [6.07, 6.45) is 8.26. The Morgan fingerprint density at radius 1 is 0.627 bits per heavy atom. The number of aryl methyl sites for hydroxylation is 4. The Labute approximate surface area is 322 Å². The van der Waals surface area contributed by atoms with E-state index in [4.69, 9.17) is 9.72 Å². The minimum atomic E-state index is 0.271. The van der Waals surface area contributed by atoms with Crippen LogP contribution in [0.1, 0.15) is 73.2 Å². The van der Waals surface area contributed by atoms with E-state index in [1.807, 2.05) is 24.5 Å². The van der Waals surface area contributed by atoms with Crippen molar-refractivity contribution in [1.29, 1.82) is 0 Å². The van der Waals surface area contributed by atoms with Gasteiger partial charge in [-0.15, -0.1) is 47.3 Å². The van der Waals surface area contributed by atoms with Crippen molar-refractivity contribution in [2.24, 2.45) is 0 Å². The van der Waals surface area contributed by atoms with Crippen LogP contribution in [0.3, 0.4) is 0 Å². The molecule has 4 aromatic carbocycles. The van der Waals surface area contributed by atoms with Crippen molar-refractivity contribution >= 4 is 105 Å². The minimum absolute atomic E-state index is 0.271. The molecule has 4 aromatic heterocycles. The Morgan fingerprint density at radius 2 is 1.10 bits per heavy atom. The maximum Gasteiger partial charge on any atom is 0.369 e. The number of hydrogen-bond acceptors (Lipinski definition) is 4. The van der Waals surface area contributed by atoms with Crippen LogP contribution in [-0.4, -0.2) is 34.2 Å². The van der Waals surface area contributed by atoms with Gasteiger partial charge in [0.1, 0.15) is 22.8 Å². The Bertz CT molecular complexity index is 2660. The number of ether oxygens (including phenoxy) is 1. The molecule has 10 rings (SSSR count). The second-order valence-electron chi connectivity index (χ2n) is 14.2. The molecule has 1 N–H and O–H groups in total. The largest absolute Gasteiger partial charge is 0.508 e. The van der Waals surface area contributed by atoms with E-state index in [1.54, 1.807) is 13.2 Å². The minimum Gasteiger partial charge on any atom is -0.508 e. The molecular formula is C41H38BBr3N4O2. The molecule has 2 aliphatic rings. The standard InChI is InChI=1S/C21H20N2O.C20H18N2O.BBr3/c1-12(2)14-8-13-4-5-15-11-22-21-19-10-16(24-3)6-7-17(19)18(9-14)20(13)23(15)21;1-11(2)13-7-12-3-4-14-10-21-20-18-9-15(23)5-6-16(18)17(8-13)19(12)22(14)20;2-1(3)4/h6-12H,4-5H2,1-3H3;5-11,23H,3-4H2,1-2H3;. The Balaban J connectivity index is 0.000000133. The predicted molar refractivity (Wildman–Crippen MR) is 224 cm³/mol. The van der Waals surface area contributed by atoms with E-state index in [2.05, 4.69) is 131 Å². The SMILES string of the molecule is BrB(Br)Br.CC(C)c1cc2c3c(c1)c1ccc(O)cc1c1ncc(n13)CC2.COc1ccc2c(c1)c1ncc3n1c1c(cc(C(C)C)cc21)CC3. The average molecular weight is 869 g/mol. The number of aromatic nitrogens is 4. The van der Waals surface area contributed by atoms with Gasteiger partial charge in [-0.3, -0.25) is 8.80 Å². The summed E-state index contributed by atoms with van der Waals surface area (Å²) in [5.74, 6) is 2.20. The molecule has 0 fully saturated rings. The lowest BCUT2D eigenvalue weighted by Crippen LogP contribution is -2.08. The third-order valence-electron chi connectivity index (χ3n) is 10.5. The highest BCUT2D eigenvalue weighted by Gasteiger charge is 2.23. The molecule has 51 heavy (non-hydrogen) atoms. The van der Waals surface area contributed by atoms with E-state index in [9.17, 15) is 5.11 Å². The van der Waals surface area contributed by atoms with Gasteiger partial charge in [-0.2, -0.15) is 0 Å². The molecule has 8 aromatic rings. The summed E-state index contributed by atoms with van der Waals surface area (Å²) < 4.78 is 10.4. The first-order valence-corrected chi connectivity index (χ1v) is 20.2. The first-order chi connectivity index (χ1) is 24.5. The number of rotatable bonds is 3. The molecule has 0 saturated heterocycles. The lowest BCUT2D eigenvalue weighted by molar-refractivity contribution is 0.415. The van der Waals surface area contributed by atoms with Crippen molar-refractivity contribution in [1.82, 2.24) is 18.8 Å². The number of hydrogen-bond donors (Lipinski definition) is 1. The monoisotopic (exact) mass is 866 g/mol. The zero-order valence-corrected chi connectivity index (χ0v) is 34.0. The smallest absolute Gasteiger partial charge is 0.369 e. The average Bonchev–Trinajstić information content (AvgIpc) is 3.76. The molecule has 258 valence electrons. The highest BCUT2D eigenvalue weighted by atomic mass is 79.9. The number of phenols is 1. The second kappa shape index (κ2) is 13.4. The van der Waals surface area contributed by atoms with Crippen LogP contribution in [0.2, 0.25) is 0 Å². The summed E-state index contributed by atoms with van der Waals surface area (Å²) >= 11 is 9.31. The Kier molecular flexibility index (Phi) is 9.08. The van der Waals surface area contributed by atoms with Gasteiger partial charge < -0.3 is 9.84 Å². The molecule has 0 radical (unpaired) electrons. The zero-order chi connectivity index (χ0) is 35.7. The number of pyridine rings is 2. The van der Waals surface area contributed by atoms with Crippen LogP contribution < -0.4 is 4.74 Å². The van der Waals surface area contributed by atoms with Crippen LogP contribution in [0.15, 0.2) is 73.1 Å². The van der Waals surface area contributed by atoms with E-state index in [1.165, 1.54) is 71.6 Å². The van der Waals surface area contributed by atoms with E-state index in [-0.39, 0.29) is 3.18 Å². The van der Waals surface area contributed by atoms with E-state index >= 15 is 0 Å². The van der Waals surface area contributed by atoms with Crippen molar-refractivity contribution in [3.05, 3.63) is 107 Å².